The lowest BCUT2D eigenvalue weighted by Gasteiger charge is -2.30. The van der Waals surface area contributed by atoms with Gasteiger partial charge in [0.1, 0.15) is 5.75 Å². The normalized spacial score (nSPS) is 16.7. The molecule has 0 bridgehead atoms. The number of amides is 1. The Hall–Kier alpha value is -3.22. The third-order valence-corrected chi connectivity index (χ3v) is 5.21. The number of aromatic hydroxyl groups is 1. The van der Waals surface area contributed by atoms with Gasteiger partial charge in [0.2, 0.25) is 0 Å². The van der Waals surface area contributed by atoms with E-state index in [4.69, 9.17) is 0 Å². The molecule has 0 fully saturated rings. The Morgan fingerprint density at radius 1 is 1.14 bits per heavy atom. The SMILES string of the molecule is O=C(NCC(O)[C@@H]1Cc2ccc(O)cc2CN1)c1cccc(-c2ccccn2)c1. The number of aliphatic hydroxyl groups is 1. The molecule has 1 aliphatic rings. The second-order valence-electron chi connectivity index (χ2n) is 7.22. The highest BCUT2D eigenvalue weighted by atomic mass is 16.3. The van der Waals surface area contributed by atoms with Crippen molar-refractivity contribution >= 4 is 5.91 Å². The molecular formula is C23H23N3O3. The van der Waals surface area contributed by atoms with Crippen molar-refractivity contribution in [1.82, 2.24) is 15.6 Å². The van der Waals surface area contributed by atoms with E-state index in [0.717, 1.165) is 22.4 Å². The summed E-state index contributed by atoms with van der Waals surface area (Å²) in [6.07, 6.45) is 1.64. The van der Waals surface area contributed by atoms with E-state index in [1.54, 1.807) is 30.5 Å². The summed E-state index contributed by atoms with van der Waals surface area (Å²) in [6, 6.07) is 18.0. The van der Waals surface area contributed by atoms with Crippen LogP contribution in [0.5, 0.6) is 5.75 Å². The Balaban J connectivity index is 1.37. The first-order valence-corrected chi connectivity index (χ1v) is 9.62. The van der Waals surface area contributed by atoms with Gasteiger partial charge < -0.3 is 20.8 Å². The summed E-state index contributed by atoms with van der Waals surface area (Å²) >= 11 is 0. The van der Waals surface area contributed by atoms with Crippen LogP contribution < -0.4 is 10.6 Å². The number of aromatic nitrogens is 1. The van der Waals surface area contributed by atoms with Gasteiger partial charge in [-0.25, -0.2) is 0 Å². The zero-order valence-corrected chi connectivity index (χ0v) is 15.9. The summed E-state index contributed by atoms with van der Waals surface area (Å²) in [5.41, 5.74) is 4.33. The summed E-state index contributed by atoms with van der Waals surface area (Å²) < 4.78 is 0. The number of phenolic OH excluding ortho intramolecular Hbond substituents is 1. The number of phenols is 1. The van der Waals surface area contributed by atoms with Crippen LogP contribution in [-0.4, -0.2) is 39.8 Å². The van der Waals surface area contributed by atoms with Crippen LogP contribution in [0.15, 0.2) is 66.9 Å². The molecule has 0 spiro atoms. The van der Waals surface area contributed by atoms with Crippen LogP contribution >= 0.6 is 0 Å². The van der Waals surface area contributed by atoms with Gasteiger partial charge in [0.25, 0.3) is 5.91 Å². The molecular weight excluding hydrogens is 366 g/mol. The van der Waals surface area contributed by atoms with Crippen molar-refractivity contribution in [3.8, 4) is 17.0 Å². The highest BCUT2D eigenvalue weighted by Crippen LogP contribution is 2.22. The standard InChI is InChI=1S/C23H23N3O3/c27-19-8-7-15-12-21(25-13-18(15)11-19)22(28)14-26-23(29)17-5-3-4-16(10-17)20-6-1-2-9-24-20/h1-11,21-22,25,27-28H,12-14H2,(H,26,29)/t21-,22?/m0/s1. The topological polar surface area (TPSA) is 94.5 Å². The number of benzene rings is 2. The van der Waals surface area contributed by atoms with Crippen LogP contribution in [0.3, 0.4) is 0 Å². The number of hydrogen-bond acceptors (Lipinski definition) is 5. The van der Waals surface area contributed by atoms with Gasteiger partial charge >= 0.3 is 0 Å². The van der Waals surface area contributed by atoms with Gasteiger partial charge in [0, 0.05) is 36.5 Å². The quantitative estimate of drug-likeness (QED) is 0.537. The van der Waals surface area contributed by atoms with Crippen molar-refractivity contribution in [2.24, 2.45) is 0 Å². The van der Waals surface area contributed by atoms with Gasteiger partial charge in [-0.15, -0.1) is 0 Å². The second-order valence-corrected chi connectivity index (χ2v) is 7.22. The van der Waals surface area contributed by atoms with Gasteiger partial charge in [-0.05, 0) is 53.9 Å². The maximum Gasteiger partial charge on any atom is 0.251 e. The summed E-state index contributed by atoms with van der Waals surface area (Å²) in [6.45, 7) is 0.725. The smallest absolute Gasteiger partial charge is 0.251 e. The number of nitrogens with zero attached hydrogens (tertiary/aromatic N) is 1. The van der Waals surface area contributed by atoms with Crippen molar-refractivity contribution in [3.63, 3.8) is 0 Å². The number of nitrogens with one attached hydrogen (secondary N) is 2. The zero-order valence-electron chi connectivity index (χ0n) is 15.9. The van der Waals surface area contributed by atoms with Crippen LogP contribution in [0.1, 0.15) is 21.5 Å². The highest BCUT2D eigenvalue weighted by Gasteiger charge is 2.25. The van der Waals surface area contributed by atoms with Crippen LogP contribution in [0.2, 0.25) is 0 Å². The molecule has 148 valence electrons. The molecule has 1 unspecified atom stereocenters. The summed E-state index contributed by atoms with van der Waals surface area (Å²) in [5, 5.41) is 26.2. The van der Waals surface area contributed by atoms with Gasteiger partial charge in [0.05, 0.1) is 11.8 Å². The number of pyridine rings is 1. The Morgan fingerprint density at radius 3 is 2.86 bits per heavy atom. The first-order chi connectivity index (χ1) is 14.1. The fraction of sp³-hybridized carbons (Fsp3) is 0.217. The number of aliphatic hydroxyl groups excluding tert-OH is 1. The van der Waals surface area contributed by atoms with E-state index in [-0.39, 0.29) is 24.2 Å². The van der Waals surface area contributed by atoms with E-state index in [2.05, 4.69) is 15.6 Å². The van der Waals surface area contributed by atoms with Crippen molar-refractivity contribution in [3.05, 3.63) is 83.6 Å². The van der Waals surface area contributed by atoms with Crippen molar-refractivity contribution < 1.29 is 15.0 Å². The Labute approximate surface area is 169 Å². The minimum atomic E-state index is -0.722. The second kappa shape index (κ2) is 8.43. The Kier molecular flexibility index (Phi) is 5.55. The molecule has 1 amide bonds. The summed E-state index contributed by atoms with van der Waals surface area (Å²) in [5.74, 6) is 0.00714. The molecule has 29 heavy (non-hydrogen) atoms. The van der Waals surface area contributed by atoms with Crippen molar-refractivity contribution in [2.75, 3.05) is 6.54 Å². The first kappa shape index (κ1) is 19.1. The number of hydrogen-bond donors (Lipinski definition) is 4. The maximum absolute atomic E-state index is 12.6. The molecule has 6 nitrogen and oxygen atoms in total. The third-order valence-electron chi connectivity index (χ3n) is 5.21. The predicted octanol–water partition coefficient (Wildman–Crippen LogP) is 2.26. The number of fused-ring (bicyclic) bond motifs is 1. The molecule has 1 aliphatic heterocycles. The molecule has 4 N–H and O–H groups in total. The van der Waals surface area contributed by atoms with Crippen molar-refractivity contribution in [2.45, 2.75) is 25.1 Å². The molecule has 3 aromatic rings. The van der Waals surface area contributed by atoms with Gasteiger partial charge in [-0.1, -0.05) is 24.3 Å². The molecule has 4 rings (SSSR count). The van der Waals surface area contributed by atoms with Crippen LogP contribution in [0.4, 0.5) is 0 Å². The fourth-order valence-electron chi connectivity index (χ4n) is 3.59. The van der Waals surface area contributed by atoms with Crippen LogP contribution in [0.25, 0.3) is 11.3 Å². The van der Waals surface area contributed by atoms with Crippen LogP contribution in [-0.2, 0) is 13.0 Å². The molecule has 0 aliphatic carbocycles. The maximum atomic E-state index is 12.6. The Morgan fingerprint density at radius 2 is 2.03 bits per heavy atom. The molecule has 2 heterocycles. The summed E-state index contributed by atoms with van der Waals surface area (Å²) in [7, 11) is 0. The molecule has 0 radical (unpaired) electrons. The molecule has 1 aromatic heterocycles. The van der Waals surface area contributed by atoms with E-state index in [1.807, 2.05) is 36.4 Å². The number of carbonyl (C=O) groups excluding carboxylic acids is 1. The lowest BCUT2D eigenvalue weighted by molar-refractivity contribution is 0.0870. The van der Waals surface area contributed by atoms with Gasteiger partial charge in [-0.2, -0.15) is 0 Å². The van der Waals surface area contributed by atoms with E-state index >= 15 is 0 Å². The van der Waals surface area contributed by atoms with E-state index in [0.29, 0.717) is 18.5 Å². The first-order valence-electron chi connectivity index (χ1n) is 9.62. The van der Waals surface area contributed by atoms with Gasteiger partial charge in [0.15, 0.2) is 0 Å². The molecule has 0 saturated heterocycles. The van der Waals surface area contributed by atoms with E-state index in [1.165, 1.54) is 0 Å². The zero-order chi connectivity index (χ0) is 20.2. The fourth-order valence-corrected chi connectivity index (χ4v) is 3.59. The number of rotatable bonds is 5. The monoisotopic (exact) mass is 389 g/mol. The van der Waals surface area contributed by atoms with E-state index < -0.39 is 6.10 Å². The molecule has 6 heteroatoms. The largest absolute Gasteiger partial charge is 0.508 e. The lowest BCUT2D eigenvalue weighted by atomic mass is 9.92. The minimum absolute atomic E-state index is 0.151. The summed E-state index contributed by atoms with van der Waals surface area (Å²) in [4.78, 5) is 16.9. The predicted molar refractivity (Wildman–Crippen MR) is 110 cm³/mol. The molecule has 2 aromatic carbocycles. The average Bonchev–Trinajstić information content (AvgIpc) is 2.77. The number of carbonyl (C=O) groups is 1. The van der Waals surface area contributed by atoms with Crippen LogP contribution in [0, 0.1) is 0 Å². The highest BCUT2D eigenvalue weighted by molar-refractivity contribution is 5.95. The Bertz CT molecular complexity index is 1010. The average molecular weight is 389 g/mol. The van der Waals surface area contributed by atoms with E-state index in [9.17, 15) is 15.0 Å². The molecule has 0 saturated carbocycles. The van der Waals surface area contributed by atoms with Gasteiger partial charge in [-0.3, -0.25) is 9.78 Å². The minimum Gasteiger partial charge on any atom is -0.508 e. The third kappa shape index (κ3) is 4.45. The van der Waals surface area contributed by atoms with Crippen molar-refractivity contribution in [1.29, 1.82) is 0 Å². The molecule has 2 atom stereocenters. The lowest BCUT2D eigenvalue weighted by Crippen LogP contribution is -2.49.